The van der Waals surface area contributed by atoms with Gasteiger partial charge in [-0.3, -0.25) is 4.68 Å². The van der Waals surface area contributed by atoms with Gasteiger partial charge in [-0.2, -0.15) is 5.10 Å². The van der Waals surface area contributed by atoms with Crippen LogP contribution in [0.5, 0.6) is 0 Å². The van der Waals surface area contributed by atoms with Crippen LogP contribution in [0.4, 0.5) is 8.78 Å². The van der Waals surface area contributed by atoms with Crippen LogP contribution >= 0.6 is 11.8 Å². The zero-order chi connectivity index (χ0) is 17.7. The normalized spacial score (nSPS) is 28.7. The fourth-order valence-corrected chi connectivity index (χ4v) is 4.54. The van der Waals surface area contributed by atoms with E-state index in [1.54, 1.807) is 6.92 Å². The summed E-state index contributed by atoms with van der Waals surface area (Å²) in [4.78, 5) is 3.84. The third-order valence-electron chi connectivity index (χ3n) is 4.74. The van der Waals surface area contributed by atoms with Crippen molar-refractivity contribution in [3.05, 3.63) is 12.7 Å². The SMILES string of the molecule is CC(SC(CO)CO)C(O)(Cn1cncn1)C1CCC(F)CC1F. The van der Waals surface area contributed by atoms with Gasteiger partial charge in [-0.1, -0.05) is 6.92 Å². The van der Waals surface area contributed by atoms with Crippen molar-refractivity contribution in [1.82, 2.24) is 14.8 Å². The number of thioether (sulfide) groups is 1. The van der Waals surface area contributed by atoms with E-state index in [0.29, 0.717) is 0 Å². The molecule has 0 amide bonds. The van der Waals surface area contributed by atoms with Crippen molar-refractivity contribution in [3.63, 3.8) is 0 Å². The highest BCUT2D eigenvalue weighted by atomic mass is 32.2. The molecule has 3 N–H and O–H groups in total. The van der Waals surface area contributed by atoms with Crippen molar-refractivity contribution >= 4 is 11.8 Å². The van der Waals surface area contributed by atoms with Crippen molar-refractivity contribution in [1.29, 1.82) is 0 Å². The Labute approximate surface area is 144 Å². The Kier molecular flexibility index (Phi) is 6.97. The number of alkyl halides is 2. The minimum Gasteiger partial charge on any atom is -0.395 e. The van der Waals surface area contributed by atoms with E-state index < -0.39 is 34.4 Å². The molecule has 1 heterocycles. The van der Waals surface area contributed by atoms with E-state index in [1.807, 2.05) is 0 Å². The van der Waals surface area contributed by atoms with Crippen LogP contribution in [0.25, 0.3) is 0 Å². The van der Waals surface area contributed by atoms with Crippen LogP contribution in [-0.2, 0) is 6.54 Å². The molecule has 1 aromatic heterocycles. The Morgan fingerprint density at radius 3 is 2.58 bits per heavy atom. The first kappa shape index (κ1) is 19.6. The van der Waals surface area contributed by atoms with E-state index in [-0.39, 0.29) is 39.0 Å². The largest absolute Gasteiger partial charge is 0.395 e. The number of halogens is 2. The summed E-state index contributed by atoms with van der Waals surface area (Å²) in [5.74, 6) is -0.741. The first-order valence-corrected chi connectivity index (χ1v) is 9.05. The lowest BCUT2D eigenvalue weighted by atomic mass is 9.73. The van der Waals surface area contributed by atoms with Crippen LogP contribution in [0.1, 0.15) is 26.2 Å². The fourth-order valence-electron chi connectivity index (χ4n) is 3.30. The average molecular weight is 365 g/mol. The standard InChI is InChI=1S/C15H25F2N3O3S/c1-10(24-12(5-21)6-22)15(23,7-20-9-18-8-19-20)13-3-2-11(16)4-14(13)17/h8-14,21-23H,2-7H2,1H3. The molecule has 0 aromatic carbocycles. The number of hydrogen-bond acceptors (Lipinski definition) is 6. The van der Waals surface area contributed by atoms with Gasteiger partial charge in [-0.25, -0.2) is 13.8 Å². The maximum absolute atomic E-state index is 14.5. The smallest absolute Gasteiger partial charge is 0.137 e. The molecule has 1 aliphatic rings. The topological polar surface area (TPSA) is 91.4 Å². The van der Waals surface area contributed by atoms with Gasteiger partial charge < -0.3 is 15.3 Å². The molecule has 9 heteroatoms. The van der Waals surface area contributed by atoms with Crippen LogP contribution in [-0.4, -0.2) is 71.7 Å². The molecule has 24 heavy (non-hydrogen) atoms. The van der Waals surface area contributed by atoms with E-state index in [2.05, 4.69) is 10.1 Å². The summed E-state index contributed by atoms with van der Waals surface area (Å²) in [6.07, 6.45) is 0.363. The first-order chi connectivity index (χ1) is 11.4. The van der Waals surface area contributed by atoms with Crippen molar-refractivity contribution in [2.45, 2.75) is 61.2 Å². The van der Waals surface area contributed by atoms with Gasteiger partial charge in [-0.15, -0.1) is 11.8 Å². The number of rotatable bonds is 8. The molecular formula is C15H25F2N3O3S. The lowest BCUT2D eigenvalue weighted by molar-refractivity contribution is -0.0852. The van der Waals surface area contributed by atoms with E-state index in [4.69, 9.17) is 0 Å². The quantitative estimate of drug-likeness (QED) is 0.636. The summed E-state index contributed by atoms with van der Waals surface area (Å²) >= 11 is 1.20. The Morgan fingerprint density at radius 1 is 1.33 bits per heavy atom. The van der Waals surface area contributed by atoms with Crippen molar-refractivity contribution in [2.75, 3.05) is 13.2 Å². The fraction of sp³-hybridized carbons (Fsp3) is 0.867. The van der Waals surface area contributed by atoms with Gasteiger partial charge in [0.25, 0.3) is 0 Å². The van der Waals surface area contributed by atoms with Gasteiger partial charge in [0, 0.05) is 17.6 Å². The number of aliphatic hydroxyl groups is 3. The molecule has 1 fully saturated rings. The van der Waals surface area contributed by atoms with Gasteiger partial charge in [0.2, 0.25) is 0 Å². The van der Waals surface area contributed by atoms with Crippen molar-refractivity contribution < 1.29 is 24.1 Å². The molecule has 0 spiro atoms. The molecule has 2 rings (SSSR count). The second-order valence-electron chi connectivity index (χ2n) is 6.38. The molecule has 1 saturated carbocycles. The summed E-state index contributed by atoms with van der Waals surface area (Å²) in [6, 6.07) is 0. The van der Waals surface area contributed by atoms with Gasteiger partial charge in [0.15, 0.2) is 0 Å². The summed E-state index contributed by atoms with van der Waals surface area (Å²) in [5, 5.41) is 32.9. The summed E-state index contributed by atoms with van der Waals surface area (Å²) in [7, 11) is 0. The molecule has 5 unspecified atom stereocenters. The molecule has 5 atom stereocenters. The second-order valence-corrected chi connectivity index (χ2v) is 8.03. The molecule has 0 radical (unpaired) electrons. The third-order valence-corrected chi connectivity index (χ3v) is 6.24. The van der Waals surface area contributed by atoms with Gasteiger partial charge in [0.05, 0.1) is 25.0 Å². The Balaban J connectivity index is 2.23. The molecule has 0 aliphatic heterocycles. The predicted octanol–water partition coefficient (Wildman–Crippen LogP) is 0.960. The van der Waals surface area contributed by atoms with Gasteiger partial charge in [0.1, 0.15) is 30.6 Å². The summed E-state index contributed by atoms with van der Waals surface area (Å²) in [5.41, 5.74) is -1.50. The first-order valence-electron chi connectivity index (χ1n) is 8.10. The van der Waals surface area contributed by atoms with Crippen molar-refractivity contribution in [2.24, 2.45) is 5.92 Å². The lowest BCUT2D eigenvalue weighted by Crippen LogP contribution is -2.55. The minimum absolute atomic E-state index is 0.0206. The highest BCUT2D eigenvalue weighted by Gasteiger charge is 2.49. The van der Waals surface area contributed by atoms with Crippen LogP contribution in [0.15, 0.2) is 12.7 Å². The zero-order valence-corrected chi connectivity index (χ0v) is 14.4. The van der Waals surface area contributed by atoms with Crippen LogP contribution in [0, 0.1) is 5.92 Å². The van der Waals surface area contributed by atoms with E-state index in [0.717, 1.165) is 0 Å². The maximum Gasteiger partial charge on any atom is 0.137 e. The molecule has 1 aliphatic carbocycles. The van der Waals surface area contributed by atoms with Crippen LogP contribution < -0.4 is 0 Å². The minimum atomic E-state index is -1.50. The number of nitrogens with zero attached hydrogens (tertiary/aromatic N) is 3. The van der Waals surface area contributed by atoms with E-state index >= 15 is 0 Å². The number of aromatic nitrogens is 3. The predicted molar refractivity (Wildman–Crippen MR) is 87.1 cm³/mol. The van der Waals surface area contributed by atoms with Crippen LogP contribution in [0.3, 0.4) is 0 Å². The Hall–Kier alpha value is -0.770. The maximum atomic E-state index is 14.5. The molecule has 6 nitrogen and oxygen atoms in total. The monoisotopic (exact) mass is 365 g/mol. The molecule has 0 bridgehead atoms. The summed E-state index contributed by atoms with van der Waals surface area (Å²) < 4.78 is 29.4. The van der Waals surface area contributed by atoms with Crippen LogP contribution in [0.2, 0.25) is 0 Å². The van der Waals surface area contributed by atoms with Gasteiger partial charge in [-0.05, 0) is 12.8 Å². The number of aliphatic hydroxyl groups excluding tert-OH is 2. The van der Waals surface area contributed by atoms with Crippen molar-refractivity contribution in [3.8, 4) is 0 Å². The van der Waals surface area contributed by atoms with E-state index in [9.17, 15) is 24.1 Å². The molecular weight excluding hydrogens is 340 g/mol. The lowest BCUT2D eigenvalue weighted by Gasteiger charge is -2.44. The molecule has 138 valence electrons. The highest BCUT2D eigenvalue weighted by Crippen LogP contribution is 2.42. The van der Waals surface area contributed by atoms with E-state index in [1.165, 1.54) is 29.1 Å². The highest BCUT2D eigenvalue weighted by molar-refractivity contribution is 8.00. The Bertz CT molecular complexity index is 492. The molecule has 1 aromatic rings. The second kappa shape index (κ2) is 8.55. The van der Waals surface area contributed by atoms with Gasteiger partial charge >= 0.3 is 0 Å². The zero-order valence-electron chi connectivity index (χ0n) is 13.6. The third kappa shape index (κ3) is 4.44. The Morgan fingerprint density at radius 2 is 2.04 bits per heavy atom. The molecule has 0 saturated heterocycles. The number of hydrogen-bond donors (Lipinski definition) is 3. The summed E-state index contributed by atoms with van der Waals surface area (Å²) in [6.45, 7) is 1.25. The average Bonchev–Trinajstić information content (AvgIpc) is 3.04.